The van der Waals surface area contributed by atoms with Crippen LogP contribution in [-0.4, -0.2) is 68.3 Å². The molecule has 0 atom stereocenters. The number of nitrogens with one attached hydrogen (secondary N) is 2. The smallest absolute Gasteiger partial charge is 0.324 e. The van der Waals surface area contributed by atoms with Crippen molar-refractivity contribution in [3.05, 3.63) is 29.8 Å². The summed E-state index contributed by atoms with van der Waals surface area (Å²) in [6, 6.07) is 5.74. The first-order valence-corrected chi connectivity index (χ1v) is 10.5. The molecule has 0 unspecified atom stereocenters. The minimum Gasteiger partial charge on any atom is -0.337 e. The van der Waals surface area contributed by atoms with Gasteiger partial charge in [0.15, 0.2) is 0 Å². The number of rotatable bonds is 5. The third kappa shape index (κ3) is 4.02. The van der Waals surface area contributed by atoms with E-state index in [9.17, 15) is 22.8 Å². The number of hydrogen-bond donors (Lipinski definition) is 2. The number of amides is 4. The summed E-state index contributed by atoms with van der Waals surface area (Å²) in [6.07, 6.45) is 0. The van der Waals surface area contributed by atoms with Gasteiger partial charge in [0.1, 0.15) is 0 Å². The van der Waals surface area contributed by atoms with Gasteiger partial charge in [-0.25, -0.2) is 17.9 Å². The molecule has 2 N–H and O–H groups in total. The Labute approximate surface area is 164 Å². The van der Waals surface area contributed by atoms with E-state index in [0.29, 0.717) is 0 Å². The Morgan fingerprint density at radius 3 is 2.29 bits per heavy atom. The molecule has 152 valence electrons. The van der Waals surface area contributed by atoms with E-state index in [-0.39, 0.29) is 48.4 Å². The highest BCUT2D eigenvalue weighted by molar-refractivity contribution is 7.89. The highest BCUT2D eigenvalue weighted by Gasteiger charge is 2.42. The summed E-state index contributed by atoms with van der Waals surface area (Å²) in [4.78, 5) is 38.1. The van der Waals surface area contributed by atoms with E-state index in [4.69, 9.17) is 0 Å². The summed E-state index contributed by atoms with van der Waals surface area (Å²) >= 11 is 0. The van der Waals surface area contributed by atoms with Crippen molar-refractivity contribution in [3.63, 3.8) is 0 Å². The van der Waals surface area contributed by atoms with Crippen molar-refractivity contribution in [3.8, 4) is 0 Å². The van der Waals surface area contributed by atoms with Crippen molar-refractivity contribution >= 4 is 27.9 Å². The number of sulfonamides is 1. The van der Waals surface area contributed by atoms with Gasteiger partial charge >= 0.3 is 6.03 Å². The fourth-order valence-corrected chi connectivity index (χ4v) is 4.09. The van der Waals surface area contributed by atoms with Gasteiger partial charge in [0.25, 0.3) is 0 Å². The van der Waals surface area contributed by atoms with Crippen LogP contribution in [0.3, 0.4) is 0 Å². The number of carbonyl (C=O) groups is 3. The number of carbonyl (C=O) groups excluding carboxylic acids is 3. The minimum absolute atomic E-state index is 0.0307. The number of hydrogen-bond acceptors (Lipinski definition) is 5. The molecule has 0 aromatic heterocycles. The van der Waals surface area contributed by atoms with Crippen LogP contribution in [0.15, 0.2) is 29.2 Å². The average Bonchev–Trinajstić information content (AvgIpc) is 2.91. The van der Waals surface area contributed by atoms with Gasteiger partial charge in [-0.15, -0.1) is 0 Å². The zero-order chi connectivity index (χ0) is 20.7. The van der Waals surface area contributed by atoms with Crippen LogP contribution in [0.2, 0.25) is 0 Å². The Morgan fingerprint density at radius 1 is 1.18 bits per heavy atom. The van der Waals surface area contributed by atoms with Gasteiger partial charge in [-0.1, -0.05) is 32.9 Å². The lowest BCUT2D eigenvalue weighted by atomic mass is 9.87. The monoisotopic (exact) mass is 408 g/mol. The molecule has 4 amide bonds. The van der Waals surface area contributed by atoms with Crippen molar-refractivity contribution in [2.75, 3.05) is 26.2 Å². The molecule has 2 heterocycles. The maximum Gasteiger partial charge on any atom is 0.324 e. The molecule has 2 fully saturated rings. The third-order valence-corrected chi connectivity index (χ3v) is 6.32. The summed E-state index contributed by atoms with van der Waals surface area (Å²) < 4.78 is 27.1. The lowest BCUT2D eigenvalue weighted by molar-refractivity contribution is -0.141. The van der Waals surface area contributed by atoms with E-state index in [1.54, 1.807) is 12.1 Å². The average molecular weight is 408 g/mol. The zero-order valence-electron chi connectivity index (χ0n) is 16.1. The molecule has 2 aliphatic rings. The highest BCUT2D eigenvalue weighted by atomic mass is 32.2. The Morgan fingerprint density at radius 2 is 1.79 bits per heavy atom. The number of benzene rings is 1. The van der Waals surface area contributed by atoms with Crippen LogP contribution in [0, 0.1) is 0 Å². The van der Waals surface area contributed by atoms with E-state index in [0.717, 1.165) is 10.5 Å². The van der Waals surface area contributed by atoms with Gasteiger partial charge in [0.2, 0.25) is 21.8 Å². The lowest BCUT2D eigenvalue weighted by Gasteiger charge is -2.42. The number of nitrogens with zero attached hydrogens (tertiary/aromatic N) is 2. The molecule has 1 aromatic rings. The summed E-state index contributed by atoms with van der Waals surface area (Å²) in [5, 5.41) is 2.43. The molecular formula is C18H24N4O5S. The summed E-state index contributed by atoms with van der Waals surface area (Å²) in [7, 11) is -3.81. The summed E-state index contributed by atoms with van der Waals surface area (Å²) in [6.45, 7) is 6.11. The van der Waals surface area contributed by atoms with Gasteiger partial charge in [-0.3, -0.25) is 14.5 Å². The molecule has 28 heavy (non-hydrogen) atoms. The highest BCUT2D eigenvalue weighted by Crippen LogP contribution is 2.23. The molecule has 0 aliphatic carbocycles. The Kier molecular flexibility index (Phi) is 5.20. The molecule has 0 bridgehead atoms. The van der Waals surface area contributed by atoms with Crippen molar-refractivity contribution < 1.29 is 22.8 Å². The van der Waals surface area contributed by atoms with Gasteiger partial charge in [-0.05, 0) is 23.1 Å². The quantitative estimate of drug-likeness (QED) is 0.667. The van der Waals surface area contributed by atoms with Gasteiger partial charge < -0.3 is 10.2 Å². The van der Waals surface area contributed by atoms with E-state index < -0.39 is 22.0 Å². The fourth-order valence-electron chi connectivity index (χ4n) is 3.11. The maximum absolute atomic E-state index is 12.4. The van der Waals surface area contributed by atoms with E-state index in [2.05, 4.69) is 10.0 Å². The topological polar surface area (TPSA) is 116 Å². The van der Waals surface area contributed by atoms with Crippen molar-refractivity contribution in [2.45, 2.75) is 37.1 Å². The summed E-state index contributed by atoms with van der Waals surface area (Å²) in [5.74, 6) is -0.723. The fraction of sp³-hybridized carbons (Fsp3) is 0.500. The van der Waals surface area contributed by atoms with Gasteiger partial charge in [0, 0.05) is 13.1 Å². The first-order chi connectivity index (χ1) is 13.0. The number of imide groups is 1. The van der Waals surface area contributed by atoms with Crippen molar-refractivity contribution in [1.82, 2.24) is 19.8 Å². The molecule has 2 aliphatic heterocycles. The van der Waals surface area contributed by atoms with Gasteiger partial charge in [0.05, 0.1) is 24.0 Å². The first kappa shape index (κ1) is 20.3. The predicted octanol–water partition coefficient (Wildman–Crippen LogP) is 0.0250. The SMILES string of the molecule is CC(C)(C)c1ccc(S(=O)(=O)NCC(=O)N2CC(N3C(=O)CNC3=O)C2)cc1. The van der Waals surface area contributed by atoms with Gasteiger partial charge in [-0.2, -0.15) is 0 Å². The number of urea groups is 1. The minimum atomic E-state index is -3.81. The first-order valence-electron chi connectivity index (χ1n) is 8.97. The number of likely N-dealkylation sites (tertiary alicyclic amines) is 1. The lowest BCUT2D eigenvalue weighted by Crippen LogP contribution is -2.63. The van der Waals surface area contributed by atoms with Crippen LogP contribution in [0.1, 0.15) is 26.3 Å². The van der Waals surface area contributed by atoms with Crippen LogP contribution >= 0.6 is 0 Å². The zero-order valence-corrected chi connectivity index (χ0v) is 16.9. The van der Waals surface area contributed by atoms with Crippen LogP contribution in [0.5, 0.6) is 0 Å². The maximum atomic E-state index is 12.4. The molecule has 0 saturated carbocycles. The standard InChI is InChI=1S/C18H24N4O5S/c1-18(2,3)12-4-6-14(7-5-12)28(26,27)20-9-15(23)21-10-13(11-21)22-16(24)8-19-17(22)25/h4-7,13,20H,8-11H2,1-3H3,(H,19,25). The molecule has 0 radical (unpaired) electrons. The second-order valence-electron chi connectivity index (χ2n) is 7.97. The van der Waals surface area contributed by atoms with Crippen LogP contribution in [0.4, 0.5) is 4.79 Å². The Bertz CT molecular complexity index is 883. The molecule has 2 saturated heterocycles. The molecule has 1 aromatic carbocycles. The molecular weight excluding hydrogens is 384 g/mol. The second kappa shape index (κ2) is 7.17. The Balaban J connectivity index is 1.53. The molecule has 0 spiro atoms. The van der Waals surface area contributed by atoms with Crippen molar-refractivity contribution in [1.29, 1.82) is 0 Å². The van der Waals surface area contributed by atoms with E-state index >= 15 is 0 Å². The van der Waals surface area contributed by atoms with E-state index in [1.807, 2.05) is 20.8 Å². The van der Waals surface area contributed by atoms with E-state index in [1.165, 1.54) is 17.0 Å². The second-order valence-corrected chi connectivity index (χ2v) is 9.74. The Hall–Kier alpha value is -2.46. The normalized spacial score (nSPS) is 18.2. The summed E-state index contributed by atoms with van der Waals surface area (Å²) in [5.41, 5.74) is 0.919. The van der Waals surface area contributed by atoms with Crippen LogP contribution in [-0.2, 0) is 25.0 Å². The molecule has 10 heteroatoms. The molecule has 9 nitrogen and oxygen atoms in total. The molecule has 3 rings (SSSR count). The largest absolute Gasteiger partial charge is 0.337 e. The van der Waals surface area contributed by atoms with Crippen LogP contribution < -0.4 is 10.0 Å². The predicted molar refractivity (Wildman–Crippen MR) is 101 cm³/mol. The van der Waals surface area contributed by atoms with Crippen LogP contribution in [0.25, 0.3) is 0 Å². The van der Waals surface area contributed by atoms with Crippen molar-refractivity contribution in [2.24, 2.45) is 0 Å². The third-order valence-electron chi connectivity index (χ3n) is 4.90.